The van der Waals surface area contributed by atoms with Crippen LogP contribution in [0.1, 0.15) is 12.0 Å². The Balaban J connectivity index is 1.16. The first-order chi connectivity index (χ1) is 14.3. The van der Waals surface area contributed by atoms with Gasteiger partial charge in [-0.3, -0.25) is 4.79 Å². The molecule has 1 aliphatic rings. The van der Waals surface area contributed by atoms with Gasteiger partial charge in [0.15, 0.2) is 0 Å². The number of fused-ring (bicyclic) bond motifs is 1. The lowest BCUT2D eigenvalue weighted by molar-refractivity contribution is -0.118. The number of amides is 1. The van der Waals surface area contributed by atoms with Crippen LogP contribution in [-0.2, 0) is 11.2 Å². The summed E-state index contributed by atoms with van der Waals surface area (Å²) in [5.74, 6) is 1.18. The van der Waals surface area contributed by atoms with Gasteiger partial charge in [-0.15, -0.1) is 11.8 Å². The summed E-state index contributed by atoms with van der Waals surface area (Å²) < 4.78 is 0. The quantitative estimate of drug-likeness (QED) is 0.556. The highest BCUT2D eigenvalue weighted by atomic mass is 32.2. The number of hydrogen-bond donors (Lipinski definition) is 1. The molecule has 1 heterocycles. The number of nitrogens with zero attached hydrogens (tertiary/aromatic N) is 1. The number of hydrogen-bond acceptors (Lipinski definition) is 3. The highest BCUT2D eigenvalue weighted by Crippen LogP contribution is 2.23. The van der Waals surface area contributed by atoms with Crippen LogP contribution in [-0.4, -0.2) is 42.7 Å². The summed E-state index contributed by atoms with van der Waals surface area (Å²) in [6, 6.07) is 25.4. The standard InChI is InChI=1S/C25H28N2OS/c28-25(19-29-24-11-10-22-8-4-5-9-23(22)16-24)26-17-21-13-15-27(18-21)14-12-20-6-2-1-3-7-20/h1-11,16,21H,12-15,17-19H2,(H,26,28). The summed E-state index contributed by atoms with van der Waals surface area (Å²) in [5.41, 5.74) is 1.40. The zero-order valence-electron chi connectivity index (χ0n) is 16.7. The molecule has 4 rings (SSSR count). The number of carbonyl (C=O) groups excluding carboxylic acids is 1. The lowest BCUT2D eigenvalue weighted by Crippen LogP contribution is -2.32. The first-order valence-corrected chi connectivity index (χ1v) is 11.4. The van der Waals surface area contributed by atoms with Crippen molar-refractivity contribution in [2.75, 3.05) is 31.9 Å². The van der Waals surface area contributed by atoms with Crippen LogP contribution < -0.4 is 5.32 Å². The van der Waals surface area contributed by atoms with Gasteiger partial charge in [0.25, 0.3) is 0 Å². The van der Waals surface area contributed by atoms with E-state index in [-0.39, 0.29) is 5.91 Å². The molecule has 0 spiro atoms. The molecule has 3 aromatic rings. The Morgan fingerprint density at radius 3 is 2.66 bits per heavy atom. The predicted molar refractivity (Wildman–Crippen MR) is 122 cm³/mol. The van der Waals surface area contributed by atoms with Crippen molar-refractivity contribution in [2.45, 2.75) is 17.7 Å². The van der Waals surface area contributed by atoms with Crippen LogP contribution in [0.15, 0.2) is 77.7 Å². The van der Waals surface area contributed by atoms with Gasteiger partial charge in [0.1, 0.15) is 0 Å². The van der Waals surface area contributed by atoms with E-state index in [1.54, 1.807) is 11.8 Å². The van der Waals surface area contributed by atoms with E-state index in [0.717, 1.165) is 37.5 Å². The zero-order valence-corrected chi connectivity index (χ0v) is 17.5. The molecule has 0 radical (unpaired) electrons. The van der Waals surface area contributed by atoms with Crippen LogP contribution in [0.3, 0.4) is 0 Å². The summed E-state index contributed by atoms with van der Waals surface area (Å²) in [7, 11) is 0. The Kier molecular flexibility index (Phi) is 6.86. The minimum Gasteiger partial charge on any atom is -0.355 e. The van der Waals surface area contributed by atoms with Crippen molar-refractivity contribution in [1.29, 1.82) is 0 Å². The number of likely N-dealkylation sites (tertiary alicyclic amines) is 1. The van der Waals surface area contributed by atoms with E-state index >= 15 is 0 Å². The van der Waals surface area contributed by atoms with E-state index in [1.807, 2.05) is 6.07 Å². The minimum absolute atomic E-state index is 0.130. The van der Waals surface area contributed by atoms with Gasteiger partial charge < -0.3 is 10.2 Å². The average Bonchev–Trinajstić information content (AvgIpc) is 3.23. The maximum absolute atomic E-state index is 12.3. The van der Waals surface area contributed by atoms with E-state index in [9.17, 15) is 4.79 Å². The molecule has 3 aromatic carbocycles. The van der Waals surface area contributed by atoms with Gasteiger partial charge >= 0.3 is 0 Å². The fourth-order valence-electron chi connectivity index (χ4n) is 3.93. The van der Waals surface area contributed by atoms with Crippen LogP contribution in [0.2, 0.25) is 0 Å². The van der Waals surface area contributed by atoms with Gasteiger partial charge in [-0.25, -0.2) is 0 Å². The van der Waals surface area contributed by atoms with Gasteiger partial charge in [0, 0.05) is 24.5 Å². The molecule has 4 heteroatoms. The Morgan fingerprint density at radius 1 is 1.00 bits per heavy atom. The van der Waals surface area contributed by atoms with Crippen molar-refractivity contribution in [3.05, 3.63) is 78.4 Å². The normalized spacial score (nSPS) is 16.9. The first kappa shape index (κ1) is 20.0. The molecule has 1 unspecified atom stereocenters. The minimum atomic E-state index is 0.130. The molecule has 1 saturated heterocycles. The summed E-state index contributed by atoms with van der Waals surface area (Å²) in [6.45, 7) is 4.12. The van der Waals surface area contributed by atoms with Gasteiger partial charge in [-0.1, -0.05) is 60.7 Å². The molecule has 1 aliphatic heterocycles. The first-order valence-electron chi connectivity index (χ1n) is 10.4. The van der Waals surface area contributed by atoms with Crippen LogP contribution in [0.4, 0.5) is 0 Å². The van der Waals surface area contributed by atoms with E-state index in [0.29, 0.717) is 11.7 Å². The molecule has 0 saturated carbocycles. The zero-order chi connectivity index (χ0) is 19.9. The second-order valence-electron chi connectivity index (χ2n) is 7.79. The number of rotatable bonds is 8. The topological polar surface area (TPSA) is 32.3 Å². The number of nitrogens with one attached hydrogen (secondary N) is 1. The number of benzene rings is 3. The lowest BCUT2D eigenvalue weighted by Gasteiger charge is -2.16. The van der Waals surface area contributed by atoms with Crippen molar-refractivity contribution < 1.29 is 4.79 Å². The third kappa shape index (κ3) is 5.84. The Bertz CT molecular complexity index is 944. The van der Waals surface area contributed by atoms with Crippen LogP contribution >= 0.6 is 11.8 Å². The van der Waals surface area contributed by atoms with Crippen molar-refractivity contribution in [2.24, 2.45) is 5.92 Å². The molecule has 1 fully saturated rings. The molecule has 0 aromatic heterocycles. The van der Waals surface area contributed by atoms with Crippen LogP contribution in [0.25, 0.3) is 10.8 Å². The summed E-state index contributed by atoms with van der Waals surface area (Å²) in [6.07, 6.45) is 2.27. The summed E-state index contributed by atoms with van der Waals surface area (Å²) in [4.78, 5) is 16.0. The van der Waals surface area contributed by atoms with Gasteiger partial charge in [0.2, 0.25) is 5.91 Å². The van der Waals surface area contributed by atoms with Crippen LogP contribution in [0.5, 0.6) is 0 Å². The molecule has 29 heavy (non-hydrogen) atoms. The van der Waals surface area contributed by atoms with E-state index < -0.39 is 0 Å². The third-order valence-corrected chi connectivity index (χ3v) is 6.60. The maximum Gasteiger partial charge on any atom is 0.230 e. The Morgan fingerprint density at radius 2 is 1.79 bits per heavy atom. The summed E-state index contributed by atoms with van der Waals surface area (Å²) >= 11 is 1.61. The average molecular weight is 405 g/mol. The molecule has 3 nitrogen and oxygen atoms in total. The largest absolute Gasteiger partial charge is 0.355 e. The monoisotopic (exact) mass is 404 g/mol. The Hall–Kier alpha value is -2.30. The van der Waals surface area contributed by atoms with Gasteiger partial charge in [0.05, 0.1) is 5.75 Å². The van der Waals surface area contributed by atoms with Crippen molar-refractivity contribution in [1.82, 2.24) is 10.2 Å². The molecule has 1 amide bonds. The predicted octanol–water partition coefficient (Wildman–Crippen LogP) is 4.61. The Labute approximate surface area is 177 Å². The molecule has 0 bridgehead atoms. The highest BCUT2D eigenvalue weighted by molar-refractivity contribution is 8.00. The SMILES string of the molecule is O=C(CSc1ccc2ccccc2c1)NCC1CCN(CCc2ccccc2)C1. The molecule has 150 valence electrons. The third-order valence-electron chi connectivity index (χ3n) is 5.61. The maximum atomic E-state index is 12.3. The molecule has 1 atom stereocenters. The molecular formula is C25H28N2OS. The highest BCUT2D eigenvalue weighted by Gasteiger charge is 2.22. The smallest absolute Gasteiger partial charge is 0.230 e. The molecular weight excluding hydrogens is 376 g/mol. The number of thioether (sulfide) groups is 1. The number of carbonyl (C=O) groups is 1. The van der Waals surface area contributed by atoms with Crippen molar-refractivity contribution in [3.8, 4) is 0 Å². The van der Waals surface area contributed by atoms with E-state index in [2.05, 4.69) is 76.9 Å². The second-order valence-corrected chi connectivity index (χ2v) is 8.84. The lowest BCUT2D eigenvalue weighted by atomic mass is 10.1. The van der Waals surface area contributed by atoms with Gasteiger partial charge in [-0.2, -0.15) is 0 Å². The molecule has 1 N–H and O–H groups in total. The fraction of sp³-hybridized carbons (Fsp3) is 0.320. The second kappa shape index (κ2) is 9.95. The molecule has 0 aliphatic carbocycles. The summed E-state index contributed by atoms with van der Waals surface area (Å²) in [5, 5.41) is 5.60. The van der Waals surface area contributed by atoms with Crippen LogP contribution in [0, 0.1) is 5.92 Å². The van der Waals surface area contributed by atoms with Crippen molar-refractivity contribution >= 4 is 28.4 Å². The van der Waals surface area contributed by atoms with E-state index in [1.165, 1.54) is 22.8 Å². The van der Waals surface area contributed by atoms with E-state index in [4.69, 9.17) is 0 Å². The fourth-order valence-corrected chi connectivity index (χ4v) is 4.70. The van der Waals surface area contributed by atoms with Crippen molar-refractivity contribution in [3.63, 3.8) is 0 Å². The van der Waals surface area contributed by atoms with Gasteiger partial charge in [-0.05, 0) is 53.8 Å².